The fraction of sp³-hybridized carbons (Fsp3) is 0.571. The van der Waals surface area contributed by atoms with Gasteiger partial charge in [-0.3, -0.25) is 10.1 Å². The Kier molecular flexibility index (Phi) is 8.35. The Morgan fingerprint density at radius 3 is 2.73 bits per heavy atom. The number of hydrogen-bond acceptors (Lipinski definition) is 6. The van der Waals surface area contributed by atoms with Gasteiger partial charge in [0.1, 0.15) is 28.8 Å². The molecule has 0 aromatic carbocycles. The van der Waals surface area contributed by atoms with Crippen LogP contribution in [0.15, 0.2) is 23.8 Å². The van der Waals surface area contributed by atoms with Gasteiger partial charge in [-0.05, 0) is 75.9 Å². The number of carbonyl (C=O) groups is 2. The Bertz CT molecular complexity index is 928. The molecule has 2 atom stereocenters. The van der Waals surface area contributed by atoms with Crippen molar-refractivity contribution in [2.24, 2.45) is 11.7 Å². The van der Waals surface area contributed by atoms with Crippen LogP contribution >= 0.6 is 11.5 Å². The predicted molar refractivity (Wildman–Crippen MR) is 119 cm³/mol. The van der Waals surface area contributed by atoms with Crippen LogP contribution in [-0.4, -0.2) is 59.7 Å². The van der Waals surface area contributed by atoms with Crippen LogP contribution in [0.4, 0.5) is 23.0 Å². The van der Waals surface area contributed by atoms with Gasteiger partial charge in [0.15, 0.2) is 5.67 Å². The Hall–Kier alpha value is -2.60. The molecule has 1 fully saturated rings. The number of allylic oxidation sites excluding steroid dienone is 3. The number of aromatic nitrogens is 1. The van der Waals surface area contributed by atoms with Crippen LogP contribution in [0.1, 0.15) is 43.0 Å². The Balaban J connectivity index is 1.52. The zero-order valence-electron chi connectivity index (χ0n) is 18.3. The van der Waals surface area contributed by atoms with Crippen molar-refractivity contribution in [2.75, 3.05) is 38.1 Å². The summed E-state index contributed by atoms with van der Waals surface area (Å²) in [6.45, 7) is 3.98. The van der Waals surface area contributed by atoms with Crippen LogP contribution in [0.2, 0.25) is 0 Å². The molecule has 0 spiro atoms. The van der Waals surface area contributed by atoms with E-state index in [1.807, 2.05) is 0 Å². The largest absolute Gasteiger partial charge is 0.476 e. The molecule has 2 unspecified atom stereocenters. The Morgan fingerprint density at radius 1 is 1.30 bits per heavy atom. The minimum absolute atomic E-state index is 0.0424. The highest BCUT2D eigenvalue weighted by Crippen LogP contribution is 2.40. The van der Waals surface area contributed by atoms with Gasteiger partial charge in [-0.15, -0.1) is 0 Å². The molecular formula is C21H28F3N5O3S. The van der Waals surface area contributed by atoms with Gasteiger partial charge in [0, 0.05) is 6.54 Å². The first-order valence-electron chi connectivity index (χ1n) is 10.8. The average molecular weight is 488 g/mol. The van der Waals surface area contributed by atoms with E-state index in [2.05, 4.69) is 19.9 Å². The molecule has 182 valence electrons. The third kappa shape index (κ3) is 6.26. The van der Waals surface area contributed by atoms with E-state index < -0.39 is 41.8 Å². The van der Waals surface area contributed by atoms with Crippen molar-refractivity contribution in [2.45, 2.75) is 38.3 Å². The van der Waals surface area contributed by atoms with Crippen molar-refractivity contribution >= 4 is 28.5 Å². The number of hydrogen-bond donors (Lipinski definition) is 3. The summed E-state index contributed by atoms with van der Waals surface area (Å²) in [4.78, 5) is 26.5. The molecule has 3 rings (SSSR count). The molecule has 1 aliphatic carbocycles. The first-order chi connectivity index (χ1) is 15.7. The predicted octanol–water partition coefficient (Wildman–Crippen LogP) is 3.68. The second-order valence-electron chi connectivity index (χ2n) is 8.20. The third-order valence-electron chi connectivity index (χ3n) is 5.75. The van der Waals surface area contributed by atoms with Crippen molar-refractivity contribution in [3.05, 3.63) is 29.4 Å². The number of nitrogens with one attached hydrogen (secondary N) is 2. The number of likely N-dealkylation sites (tertiary alicyclic amines) is 1. The fourth-order valence-electron chi connectivity index (χ4n) is 3.75. The number of primary amides is 1. The number of rotatable bonds is 10. The average Bonchev–Trinajstić information content (AvgIpc) is 3.40. The van der Waals surface area contributed by atoms with E-state index in [0.29, 0.717) is 6.54 Å². The number of ether oxygens (including phenoxy) is 1. The Labute approximate surface area is 194 Å². The molecule has 4 N–H and O–H groups in total. The van der Waals surface area contributed by atoms with Crippen LogP contribution in [0, 0.1) is 5.92 Å². The lowest BCUT2D eigenvalue weighted by Crippen LogP contribution is -2.37. The standard InChI is InChI=1S/C21H28F3N5O3S/c1-21(24)13(14(22)6-7-15(21)23)12-32-18-16(17(25)30)19(33-28-18)27-20(31)26-8-2-3-9-29-10-4-5-11-29/h6-7,13H,2-5,8-12H2,1H3,(H2,25,30)(H2,26,27,31). The minimum Gasteiger partial charge on any atom is -0.476 e. The molecule has 1 aliphatic heterocycles. The number of halogens is 3. The number of urea groups is 1. The zero-order chi connectivity index (χ0) is 24.0. The summed E-state index contributed by atoms with van der Waals surface area (Å²) in [5, 5.41) is 5.24. The van der Waals surface area contributed by atoms with Gasteiger partial charge in [0.05, 0.1) is 5.92 Å². The van der Waals surface area contributed by atoms with Crippen LogP contribution in [0.5, 0.6) is 5.88 Å². The molecule has 1 aromatic heterocycles. The first-order valence-corrected chi connectivity index (χ1v) is 11.6. The van der Waals surface area contributed by atoms with Crippen molar-refractivity contribution in [3.63, 3.8) is 0 Å². The molecule has 33 heavy (non-hydrogen) atoms. The summed E-state index contributed by atoms with van der Waals surface area (Å²) in [5.41, 5.74) is 2.55. The number of nitrogens with two attached hydrogens (primary N) is 1. The minimum atomic E-state index is -2.61. The van der Waals surface area contributed by atoms with E-state index in [1.165, 1.54) is 12.8 Å². The van der Waals surface area contributed by atoms with Gasteiger partial charge in [-0.25, -0.2) is 18.0 Å². The monoisotopic (exact) mass is 487 g/mol. The molecule has 2 aliphatic rings. The molecule has 8 nitrogen and oxygen atoms in total. The van der Waals surface area contributed by atoms with E-state index in [0.717, 1.165) is 63.1 Å². The van der Waals surface area contributed by atoms with Crippen molar-refractivity contribution in [3.8, 4) is 5.88 Å². The summed E-state index contributed by atoms with van der Waals surface area (Å²) in [5.74, 6) is -4.82. The maximum Gasteiger partial charge on any atom is 0.319 e. The third-order valence-corrected chi connectivity index (χ3v) is 6.50. The van der Waals surface area contributed by atoms with Crippen molar-refractivity contribution in [1.29, 1.82) is 0 Å². The van der Waals surface area contributed by atoms with Crippen LogP contribution < -0.4 is 21.1 Å². The lowest BCUT2D eigenvalue weighted by molar-refractivity contribution is 0.0783. The van der Waals surface area contributed by atoms with Gasteiger partial charge in [0.2, 0.25) is 5.88 Å². The highest BCUT2D eigenvalue weighted by Gasteiger charge is 2.44. The summed E-state index contributed by atoms with van der Waals surface area (Å²) < 4.78 is 51.7. The van der Waals surface area contributed by atoms with E-state index in [4.69, 9.17) is 10.5 Å². The SMILES string of the molecule is CC1(F)C(F)=CC=C(F)C1COc1nsc(NC(=O)NCCCCN2CCCC2)c1C(N)=O. The molecule has 0 saturated carbocycles. The molecule has 1 saturated heterocycles. The van der Waals surface area contributed by atoms with Gasteiger partial charge in [-0.2, -0.15) is 4.37 Å². The smallest absolute Gasteiger partial charge is 0.319 e. The zero-order valence-corrected chi connectivity index (χ0v) is 19.2. The lowest BCUT2D eigenvalue weighted by Gasteiger charge is -2.30. The highest BCUT2D eigenvalue weighted by atomic mass is 32.1. The molecular weight excluding hydrogens is 459 g/mol. The quantitative estimate of drug-likeness (QED) is 0.436. The lowest BCUT2D eigenvalue weighted by atomic mass is 9.85. The van der Waals surface area contributed by atoms with Gasteiger partial charge in [-0.1, -0.05) is 0 Å². The molecule has 3 amide bonds. The molecule has 0 bridgehead atoms. The highest BCUT2D eigenvalue weighted by molar-refractivity contribution is 7.11. The van der Waals surface area contributed by atoms with E-state index >= 15 is 0 Å². The summed E-state index contributed by atoms with van der Waals surface area (Å²) >= 11 is 0.739. The normalized spacial score (nSPS) is 23.1. The van der Waals surface area contributed by atoms with Gasteiger partial charge < -0.3 is 20.7 Å². The maximum atomic E-state index is 14.6. The van der Waals surface area contributed by atoms with Crippen molar-refractivity contribution < 1.29 is 27.5 Å². The molecule has 12 heteroatoms. The molecule has 0 radical (unpaired) electrons. The number of nitrogens with zero attached hydrogens (tertiary/aromatic N) is 2. The van der Waals surface area contributed by atoms with E-state index in [1.54, 1.807) is 0 Å². The topological polar surface area (TPSA) is 110 Å². The summed E-state index contributed by atoms with van der Waals surface area (Å²) in [6.07, 6.45) is 5.77. The molecule has 1 aromatic rings. The second-order valence-corrected chi connectivity index (χ2v) is 8.97. The van der Waals surface area contributed by atoms with Gasteiger partial charge >= 0.3 is 6.03 Å². The summed E-state index contributed by atoms with van der Waals surface area (Å²) in [7, 11) is 0. The van der Waals surface area contributed by atoms with Crippen LogP contribution in [-0.2, 0) is 0 Å². The number of anilines is 1. The van der Waals surface area contributed by atoms with Crippen LogP contribution in [0.3, 0.4) is 0 Å². The maximum absolute atomic E-state index is 14.6. The fourth-order valence-corrected chi connectivity index (χ4v) is 4.48. The molecule has 2 heterocycles. The number of carbonyl (C=O) groups excluding carboxylic acids is 2. The first kappa shape index (κ1) is 25.0. The van der Waals surface area contributed by atoms with E-state index in [-0.39, 0.29) is 16.4 Å². The van der Waals surface area contributed by atoms with Crippen LogP contribution in [0.25, 0.3) is 0 Å². The number of unbranched alkanes of at least 4 members (excludes halogenated alkanes) is 1. The Morgan fingerprint density at radius 2 is 2.03 bits per heavy atom. The number of amides is 3. The van der Waals surface area contributed by atoms with Crippen molar-refractivity contribution in [1.82, 2.24) is 14.6 Å². The number of alkyl halides is 1. The second kappa shape index (κ2) is 11.0. The van der Waals surface area contributed by atoms with Gasteiger partial charge in [0.25, 0.3) is 5.91 Å². The van der Waals surface area contributed by atoms with E-state index in [9.17, 15) is 22.8 Å². The summed E-state index contributed by atoms with van der Waals surface area (Å²) in [6, 6.07) is -0.543.